The Morgan fingerprint density at radius 2 is 1.59 bits per heavy atom. The zero-order valence-electron chi connectivity index (χ0n) is 16.3. The summed E-state index contributed by atoms with van der Waals surface area (Å²) in [5.74, 6) is 1.33. The number of pyridine rings is 1. The van der Waals surface area contributed by atoms with E-state index in [9.17, 15) is 4.79 Å². The molecule has 0 saturated carbocycles. The highest BCUT2D eigenvalue weighted by molar-refractivity contribution is 6.06. The second-order valence-corrected chi connectivity index (χ2v) is 7.30. The van der Waals surface area contributed by atoms with Gasteiger partial charge in [-0.3, -0.25) is 9.78 Å². The molecule has 0 aliphatic rings. The van der Waals surface area contributed by atoms with Crippen LogP contribution in [-0.2, 0) is 4.79 Å². The van der Waals surface area contributed by atoms with E-state index in [4.69, 9.17) is 9.47 Å². The summed E-state index contributed by atoms with van der Waals surface area (Å²) in [5, 5.41) is 3.89. The van der Waals surface area contributed by atoms with Crippen molar-refractivity contribution in [2.24, 2.45) is 5.41 Å². The molecule has 3 rings (SSSR count). The highest BCUT2D eigenvalue weighted by Crippen LogP contribution is 2.40. The van der Waals surface area contributed by atoms with Gasteiger partial charge in [0.2, 0.25) is 5.91 Å². The smallest absolute Gasteiger partial charge is 0.229 e. The number of hydrogen-bond acceptors (Lipinski definition) is 4. The summed E-state index contributed by atoms with van der Waals surface area (Å²) in [7, 11) is 3.25. The van der Waals surface area contributed by atoms with Gasteiger partial charge in [-0.15, -0.1) is 0 Å². The van der Waals surface area contributed by atoms with E-state index in [2.05, 4.69) is 10.3 Å². The lowest BCUT2D eigenvalue weighted by molar-refractivity contribution is -0.123. The maximum Gasteiger partial charge on any atom is 0.229 e. The fourth-order valence-electron chi connectivity index (χ4n) is 2.91. The molecule has 2 aromatic carbocycles. The summed E-state index contributed by atoms with van der Waals surface area (Å²) in [6, 6.07) is 13.4. The average molecular weight is 364 g/mol. The van der Waals surface area contributed by atoms with Gasteiger partial charge in [0.1, 0.15) is 17.0 Å². The Kier molecular flexibility index (Phi) is 5.04. The number of rotatable bonds is 4. The molecule has 1 heterocycles. The van der Waals surface area contributed by atoms with Crippen LogP contribution >= 0.6 is 0 Å². The molecule has 5 heteroatoms. The maximum absolute atomic E-state index is 12.5. The van der Waals surface area contributed by atoms with Crippen LogP contribution in [0.15, 0.2) is 48.7 Å². The van der Waals surface area contributed by atoms with Crippen LogP contribution in [0, 0.1) is 5.41 Å². The van der Waals surface area contributed by atoms with Gasteiger partial charge in [-0.05, 0) is 29.8 Å². The molecule has 0 bridgehead atoms. The standard InChI is InChI=1S/C22H24N2O3/c1-22(2,3)21(25)24-16-9-7-6-8-14(16)15-12-13-23-20-18(27-5)11-10-17(26-4)19(15)20/h6-13H,1-5H3,(H,24,25). The first-order valence-electron chi connectivity index (χ1n) is 8.77. The fraction of sp³-hybridized carbons (Fsp3) is 0.273. The summed E-state index contributed by atoms with van der Waals surface area (Å²) in [6.45, 7) is 5.67. The van der Waals surface area contributed by atoms with E-state index in [-0.39, 0.29) is 5.91 Å². The van der Waals surface area contributed by atoms with Crippen LogP contribution in [0.3, 0.4) is 0 Å². The van der Waals surface area contributed by atoms with Gasteiger partial charge in [-0.25, -0.2) is 0 Å². The Hall–Kier alpha value is -3.08. The van der Waals surface area contributed by atoms with Gasteiger partial charge >= 0.3 is 0 Å². The SMILES string of the molecule is COc1ccc(OC)c2c(-c3ccccc3NC(=O)C(C)(C)C)ccnc12. The molecule has 0 atom stereocenters. The molecule has 0 aliphatic heterocycles. The number of para-hydroxylation sites is 1. The summed E-state index contributed by atoms with van der Waals surface area (Å²) in [4.78, 5) is 17.0. The zero-order chi connectivity index (χ0) is 19.6. The van der Waals surface area contributed by atoms with Gasteiger partial charge < -0.3 is 14.8 Å². The molecule has 3 aromatic rings. The van der Waals surface area contributed by atoms with Crippen LogP contribution < -0.4 is 14.8 Å². The number of carbonyl (C=O) groups is 1. The topological polar surface area (TPSA) is 60.5 Å². The summed E-state index contributed by atoms with van der Waals surface area (Å²) < 4.78 is 11.1. The normalized spacial score (nSPS) is 11.3. The number of methoxy groups -OCH3 is 2. The minimum Gasteiger partial charge on any atom is -0.496 e. The number of hydrogen-bond donors (Lipinski definition) is 1. The Morgan fingerprint density at radius 3 is 2.26 bits per heavy atom. The first-order valence-corrected chi connectivity index (χ1v) is 8.77. The monoisotopic (exact) mass is 364 g/mol. The Morgan fingerprint density at radius 1 is 0.926 bits per heavy atom. The molecule has 1 aromatic heterocycles. The summed E-state index contributed by atoms with van der Waals surface area (Å²) >= 11 is 0. The van der Waals surface area contributed by atoms with E-state index >= 15 is 0 Å². The van der Waals surface area contributed by atoms with Crippen molar-refractivity contribution in [2.45, 2.75) is 20.8 Å². The fourth-order valence-corrected chi connectivity index (χ4v) is 2.91. The van der Waals surface area contributed by atoms with Gasteiger partial charge in [-0.1, -0.05) is 39.0 Å². The van der Waals surface area contributed by atoms with Crippen molar-refractivity contribution < 1.29 is 14.3 Å². The van der Waals surface area contributed by atoms with Crippen molar-refractivity contribution in [2.75, 3.05) is 19.5 Å². The second kappa shape index (κ2) is 7.27. The minimum atomic E-state index is -0.492. The van der Waals surface area contributed by atoms with E-state index in [1.54, 1.807) is 20.4 Å². The van der Waals surface area contributed by atoms with Crippen molar-refractivity contribution in [3.8, 4) is 22.6 Å². The molecule has 5 nitrogen and oxygen atoms in total. The molecule has 0 radical (unpaired) electrons. The van der Waals surface area contributed by atoms with Gasteiger partial charge in [0.05, 0.1) is 19.6 Å². The van der Waals surface area contributed by atoms with Gasteiger partial charge in [0.15, 0.2) is 0 Å². The quantitative estimate of drug-likeness (QED) is 0.715. The van der Waals surface area contributed by atoms with Crippen LogP contribution in [0.2, 0.25) is 0 Å². The molecule has 1 N–H and O–H groups in total. The number of carbonyl (C=O) groups excluding carboxylic acids is 1. The van der Waals surface area contributed by atoms with E-state index < -0.39 is 5.41 Å². The van der Waals surface area contributed by atoms with E-state index in [0.29, 0.717) is 17.0 Å². The third kappa shape index (κ3) is 3.58. The highest BCUT2D eigenvalue weighted by atomic mass is 16.5. The van der Waals surface area contributed by atoms with Crippen LogP contribution in [0.1, 0.15) is 20.8 Å². The Labute approximate surface area is 159 Å². The molecule has 0 saturated heterocycles. The minimum absolute atomic E-state index is 0.0437. The second-order valence-electron chi connectivity index (χ2n) is 7.30. The molecular weight excluding hydrogens is 340 g/mol. The number of aromatic nitrogens is 1. The molecule has 140 valence electrons. The summed E-state index contributed by atoms with van der Waals surface area (Å²) in [5.41, 5.74) is 2.78. The molecule has 0 aliphatic carbocycles. The van der Waals surface area contributed by atoms with E-state index in [0.717, 1.165) is 22.2 Å². The molecular formula is C22H24N2O3. The Bertz CT molecular complexity index is 991. The van der Waals surface area contributed by atoms with Crippen LogP contribution in [0.5, 0.6) is 11.5 Å². The first kappa shape index (κ1) is 18.7. The Balaban J connectivity index is 2.24. The highest BCUT2D eigenvalue weighted by Gasteiger charge is 2.23. The predicted molar refractivity (Wildman–Crippen MR) is 108 cm³/mol. The lowest BCUT2D eigenvalue weighted by Crippen LogP contribution is -2.27. The largest absolute Gasteiger partial charge is 0.496 e. The number of amides is 1. The third-order valence-electron chi connectivity index (χ3n) is 4.40. The average Bonchev–Trinajstić information content (AvgIpc) is 2.66. The van der Waals surface area contributed by atoms with Crippen molar-refractivity contribution in [3.63, 3.8) is 0 Å². The van der Waals surface area contributed by atoms with E-state index in [1.807, 2.05) is 63.2 Å². The molecule has 27 heavy (non-hydrogen) atoms. The summed E-state index contributed by atoms with van der Waals surface area (Å²) in [6.07, 6.45) is 1.74. The van der Waals surface area contributed by atoms with Crippen molar-refractivity contribution >= 4 is 22.5 Å². The number of benzene rings is 2. The molecule has 1 amide bonds. The van der Waals surface area contributed by atoms with Gasteiger partial charge in [-0.2, -0.15) is 0 Å². The number of ether oxygens (including phenoxy) is 2. The molecule has 0 fully saturated rings. The van der Waals surface area contributed by atoms with Crippen molar-refractivity contribution in [1.82, 2.24) is 4.98 Å². The number of fused-ring (bicyclic) bond motifs is 1. The number of nitrogens with zero attached hydrogens (tertiary/aromatic N) is 1. The van der Waals surface area contributed by atoms with Crippen LogP contribution in [-0.4, -0.2) is 25.1 Å². The van der Waals surface area contributed by atoms with Crippen LogP contribution in [0.25, 0.3) is 22.0 Å². The van der Waals surface area contributed by atoms with Gasteiger partial charge in [0.25, 0.3) is 0 Å². The van der Waals surface area contributed by atoms with Crippen LogP contribution in [0.4, 0.5) is 5.69 Å². The van der Waals surface area contributed by atoms with Crippen molar-refractivity contribution in [3.05, 3.63) is 48.7 Å². The van der Waals surface area contributed by atoms with Crippen molar-refractivity contribution in [1.29, 1.82) is 0 Å². The number of nitrogens with one attached hydrogen (secondary N) is 1. The lowest BCUT2D eigenvalue weighted by Gasteiger charge is -2.20. The zero-order valence-corrected chi connectivity index (χ0v) is 16.3. The molecule has 0 spiro atoms. The third-order valence-corrected chi connectivity index (χ3v) is 4.40. The number of anilines is 1. The predicted octanol–water partition coefficient (Wildman–Crippen LogP) is 4.90. The van der Waals surface area contributed by atoms with Gasteiger partial charge in [0, 0.05) is 22.9 Å². The van der Waals surface area contributed by atoms with E-state index in [1.165, 1.54) is 0 Å². The maximum atomic E-state index is 12.5. The lowest BCUT2D eigenvalue weighted by atomic mass is 9.94. The molecule has 0 unspecified atom stereocenters. The first-order chi connectivity index (χ1) is 12.9.